The second kappa shape index (κ2) is 12.5. The summed E-state index contributed by atoms with van der Waals surface area (Å²) in [6.45, 7) is 5.63. The third-order valence-corrected chi connectivity index (χ3v) is 8.05. The maximum atomic E-state index is 13.3. The Balaban J connectivity index is 1.21. The molecule has 0 radical (unpaired) electrons. The summed E-state index contributed by atoms with van der Waals surface area (Å²) < 4.78 is 14.9. The number of piperidine rings is 2. The third kappa shape index (κ3) is 7.01. The zero-order chi connectivity index (χ0) is 28.1. The number of aryl methyl sites for hydroxylation is 1. The highest BCUT2D eigenvalue weighted by Gasteiger charge is 2.34. The van der Waals surface area contributed by atoms with Crippen LogP contribution in [0.15, 0.2) is 48.5 Å². The van der Waals surface area contributed by atoms with Gasteiger partial charge in [0.2, 0.25) is 5.91 Å². The van der Waals surface area contributed by atoms with Crippen LogP contribution >= 0.6 is 0 Å². The van der Waals surface area contributed by atoms with Crippen molar-refractivity contribution in [2.45, 2.75) is 38.6 Å². The predicted octanol–water partition coefficient (Wildman–Crippen LogP) is 3.33. The summed E-state index contributed by atoms with van der Waals surface area (Å²) in [7, 11) is 1.76. The first-order valence-corrected chi connectivity index (χ1v) is 14.0. The van der Waals surface area contributed by atoms with Gasteiger partial charge in [-0.15, -0.1) is 5.10 Å². The second-order valence-corrected chi connectivity index (χ2v) is 11.0. The Bertz CT molecular complexity index is 1310. The van der Waals surface area contributed by atoms with Crippen LogP contribution in [0.4, 0.5) is 14.9 Å². The van der Waals surface area contributed by atoms with Crippen molar-refractivity contribution in [2.24, 2.45) is 18.9 Å². The standard InChI is InChI=1S/C29H37FN8O2/c1-20(39)38-14-12-24(18-37-13-4-5-22(17-37)15-21-8-10-25(30)11-9-21)27(19-38)32-29(40)31-26-7-3-6-23(16-26)28-33-34-35-36(28)2/h3,6-11,16,22,24,27H,4-5,12-15,17-19H2,1-2H3,(H2,31,32,40)/t22?,24-,27-/m0/s1. The first kappa shape index (κ1) is 27.7. The van der Waals surface area contributed by atoms with Gasteiger partial charge < -0.3 is 20.4 Å². The number of aromatic nitrogens is 4. The minimum atomic E-state index is -0.304. The minimum absolute atomic E-state index is 0.0213. The number of amides is 3. The molecule has 10 nitrogen and oxygen atoms in total. The molecule has 0 aliphatic carbocycles. The number of nitrogens with one attached hydrogen (secondary N) is 2. The summed E-state index contributed by atoms with van der Waals surface area (Å²) in [5.74, 6) is 1.16. The molecular formula is C29H37FN8O2. The normalized spacial score (nSPS) is 21.7. The van der Waals surface area contributed by atoms with E-state index in [1.54, 1.807) is 18.7 Å². The molecule has 0 spiro atoms. The summed E-state index contributed by atoms with van der Waals surface area (Å²) in [5.41, 5.74) is 2.59. The second-order valence-electron chi connectivity index (χ2n) is 11.0. The Morgan fingerprint density at radius 2 is 1.90 bits per heavy atom. The maximum absolute atomic E-state index is 13.3. The van der Waals surface area contributed by atoms with Crippen molar-refractivity contribution in [3.8, 4) is 11.4 Å². The topological polar surface area (TPSA) is 108 Å². The van der Waals surface area contributed by atoms with Crippen molar-refractivity contribution in [1.29, 1.82) is 0 Å². The van der Waals surface area contributed by atoms with Crippen LogP contribution in [0.25, 0.3) is 11.4 Å². The van der Waals surface area contributed by atoms with Crippen LogP contribution < -0.4 is 10.6 Å². The third-order valence-electron chi connectivity index (χ3n) is 8.05. The minimum Gasteiger partial charge on any atom is -0.341 e. The van der Waals surface area contributed by atoms with Crippen molar-refractivity contribution in [2.75, 3.05) is 38.0 Å². The van der Waals surface area contributed by atoms with Crippen molar-refractivity contribution < 1.29 is 14.0 Å². The Morgan fingerprint density at radius 3 is 2.65 bits per heavy atom. The van der Waals surface area contributed by atoms with E-state index in [-0.39, 0.29) is 29.7 Å². The predicted molar refractivity (Wildman–Crippen MR) is 150 cm³/mol. The molecule has 3 amide bonds. The van der Waals surface area contributed by atoms with E-state index in [2.05, 4.69) is 31.1 Å². The average Bonchev–Trinajstić information content (AvgIpc) is 3.37. The monoisotopic (exact) mass is 548 g/mol. The highest BCUT2D eigenvalue weighted by Crippen LogP contribution is 2.26. The van der Waals surface area contributed by atoms with Gasteiger partial charge >= 0.3 is 6.03 Å². The molecule has 212 valence electrons. The first-order chi connectivity index (χ1) is 19.3. The number of hydrogen-bond acceptors (Lipinski definition) is 6. The smallest absolute Gasteiger partial charge is 0.319 e. The van der Waals surface area contributed by atoms with E-state index in [0.717, 1.165) is 50.9 Å². The van der Waals surface area contributed by atoms with E-state index in [0.29, 0.717) is 30.5 Å². The van der Waals surface area contributed by atoms with Crippen molar-refractivity contribution >= 4 is 17.6 Å². The zero-order valence-electron chi connectivity index (χ0n) is 23.1. The van der Waals surface area contributed by atoms with Crippen LogP contribution in [-0.2, 0) is 18.3 Å². The molecule has 3 atom stereocenters. The zero-order valence-corrected chi connectivity index (χ0v) is 23.1. The van der Waals surface area contributed by atoms with Gasteiger partial charge in [-0.2, -0.15) is 0 Å². The van der Waals surface area contributed by atoms with E-state index >= 15 is 0 Å². The molecule has 40 heavy (non-hydrogen) atoms. The Morgan fingerprint density at radius 1 is 1.07 bits per heavy atom. The van der Waals surface area contributed by atoms with Gasteiger partial charge in [-0.1, -0.05) is 24.3 Å². The Kier molecular flexibility index (Phi) is 8.69. The van der Waals surface area contributed by atoms with Gasteiger partial charge in [-0.05, 0) is 84.3 Å². The van der Waals surface area contributed by atoms with E-state index in [1.807, 2.05) is 41.3 Å². The van der Waals surface area contributed by atoms with Gasteiger partial charge in [0.05, 0.1) is 6.04 Å². The van der Waals surface area contributed by atoms with Gasteiger partial charge in [0.15, 0.2) is 5.82 Å². The fourth-order valence-electron chi connectivity index (χ4n) is 5.98. The summed E-state index contributed by atoms with van der Waals surface area (Å²) in [4.78, 5) is 29.6. The Labute approximate surface area is 233 Å². The van der Waals surface area contributed by atoms with E-state index in [9.17, 15) is 14.0 Å². The quantitative estimate of drug-likeness (QED) is 0.469. The molecular weight excluding hydrogens is 511 g/mol. The van der Waals surface area contributed by atoms with Gasteiger partial charge in [0.25, 0.3) is 0 Å². The molecule has 2 N–H and O–H groups in total. The average molecular weight is 549 g/mol. The van der Waals surface area contributed by atoms with E-state index < -0.39 is 0 Å². The number of rotatable bonds is 7. The van der Waals surface area contributed by atoms with Crippen molar-refractivity contribution in [1.82, 2.24) is 35.3 Å². The molecule has 1 aromatic heterocycles. The highest BCUT2D eigenvalue weighted by atomic mass is 19.1. The summed E-state index contributed by atoms with van der Waals surface area (Å²) in [6.07, 6.45) is 4.05. The number of urea groups is 1. The molecule has 2 fully saturated rings. The van der Waals surface area contributed by atoms with Crippen molar-refractivity contribution in [3.05, 3.63) is 59.9 Å². The van der Waals surface area contributed by atoms with Crippen LogP contribution in [0.1, 0.15) is 31.7 Å². The van der Waals surface area contributed by atoms with Crippen LogP contribution in [0.3, 0.4) is 0 Å². The highest BCUT2D eigenvalue weighted by molar-refractivity contribution is 5.90. The molecule has 5 rings (SSSR count). The number of hydrogen-bond donors (Lipinski definition) is 2. The van der Waals surface area contributed by atoms with Crippen LogP contribution in [-0.4, -0.2) is 80.7 Å². The fourth-order valence-corrected chi connectivity index (χ4v) is 5.98. The number of tetrazole rings is 1. The van der Waals surface area contributed by atoms with Gasteiger partial charge in [0.1, 0.15) is 5.82 Å². The number of likely N-dealkylation sites (tertiary alicyclic amines) is 2. The number of carbonyl (C=O) groups is 2. The molecule has 0 saturated carbocycles. The molecule has 1 unspecified atom stereocenters. The summed E-state index contributed by atoms with van der Waals surface area (Å²) >= 11 is 0. The molecule has 3 heterocycles. The van der Waals surface area contributed by atoms with Crippen LogP contribution in [0, 0.1) is 17.7 Å². The molecule has 3 aromatic rings. The summed E-state index contributed by atoms with van der Waals surface area (Å²) in [6, 6.07) is 13.7. The molecule has 2 saturated heterocycles. The van der Waals surface area contributed by atoms with Crippen LogP contribution in [0.2, 0.25) is 0 Å². The lowest BCUT2D eigenvalue weighted by molar-refractivity contribution is -0.130. The first-order valence-electron chi connectivity index (χ1n) is 14.0. The lowest BCUT2D eigenvalue weighted by Crippen LogP contribution is -2.57. The number of benzene rings is 2. The maximum Gasteiger partial charge on any atom is 0.319 e. The lowest BCUT2D eigenvalue weighted by atomic mass is 9.87. The number of carbonyl (C=O) groups excluding carboxylic acids is 2. The molecule has 2 aromatic carbocycles. The van der Waals surface area contributed by atoms with Gasteiger partial charge in [-0.3, -0.25) is 4.79 Å². The number of halogens is 1. The molecule has 2 aliphatic heterocycles. The SMILES string of the molecule is CC(=O)N1CC[C@@H](CN2CCCC(Cc3ccc(F)cc3)C2)[C@@H](NC(=O)Nc2cccc(-c3nnnn3C)c2)C1. The Hall–Kier alpha value is -3.86. The molecule has 0 bridgehead atoms. The van der Waals surface area contributed by atoms with Gasteiger partial charge in [-0.25, -0.2) is 13.9 Å². The largest absolute Gasteiger partial charge is 0.341 e. The number of nitrogens with zero attached hydrogens (tertiary/aromatic N) is 6. The fraction of sp³-hybridized carbons (Fsp3) is 0.483. The number of anilines is 1. The molecule has 2 aliphatic rings. The van der Waals surface area contributed by atoms with Crippen LogP contribution in [0.5, 0.6) is 0 Å². The van der Waals surface area contributed by atoms with Gasteiger partial charge in [0, 0.05) is 51.4 Å². The summed E-state index contributed by atoms with van der Waals surface area (Å²) in [5, 5.41) is 17.7. The molecule has 11 heteroatoms. The van der Waals surface area contributed by atoms with Crippen molar-refractivity contribution in [3.63, 3.8) is 0 Å². The lowest BCUT2D eigenvalue weighted by Gasteiger charge is -2.42. The van der Waals surface area contributed by atoms with E-state index in [4.69, 9.17) is 0 Å². The van der Waals surface area contributed by atoms with E-state index in [1.165, 1.54) is 17.7 Å².